The number of hydrogen-bond donors (Lipinski definition) is 2. The lowest BCUT2D eigenvalue weighted by atomic mass is 10.1. The number of nitrogens with zero attached hydrogens (tertiary/aromatic N) is 3. The van der Waals surface area contributed by atoms with E-state index in [2.05, 4.69) is 48.4 Å². The van der Waals surface area contributed by atoms with Gasteiger partial charge in [0.1, 0.15) is 12.4 Å². The summed E-state index contributed by atoms with van der Waals surface area (Å²) < 4.78 is 7.77. The molecule has 0 aliphatic carbocycles. The van der Waals surface area contributed by atoms with Crippen LogP contribution in [0.2, 0.25) is 0 Å². The Hall–Kier alpha value is -1.77. The molecule has 2 rings (SSSR count). The number of aryl methyl sites for hydroxylation is 3. The number of guanidine groups is 1. The van der Waals surface area contributed by atoms with E-state index in [1.807, 2.05) is 42.9 Å². The van der Waals surface area contributed by atoms with Gasteiger partial charge < -0.3 is 15.4 Å². The lowest BCUT2D eigenvalue weighted by molar-refractivity contribution is 0.326. The number of nitrogens with one attached hydrogen (secondary N) is 2. The topological polar surface area (TPSA) is 63.5 Å². The number of aromatic nitrogens is 2. The highest BCUT2D eigenvalue weighted by atomic mass is 127. The fourth-order valence-electron chi connectivity index (χ4n) is 3.05. The van der Waals surface area contributed by atoms with E-state index in [1.165, 1.54) is 11.3 Å². The maximum atomic E-state index is 5.83. The molecule has 0 amide bonds. The van der Waals surface area contributed by atoms with E-state index in [-0.39, 0.29) is 30.0 Å². The number of benzene rings is 1. The van der Waals surface area contributed by atoms with E-state index in [9.17, 15) is 0 Å². The number of halogens is 1. The summed E-state index contributed by atoms with van der Waals surface area (Å²) in [5, 5.41) is 11.3. The molecule has 1 heterocycles. The summed E-state index contributed by atoms with van der Waals surface area (Å²) in [6.07, 6.45) is 0.912. The van der Waals surface area contributed by atoms with Gasteiger partial charge in [0.2, 0.25) is 0 Å². The summed E-state index contributed by atoms with van der Waals surface area (Å²) in [4.78, 5) is 4.64. The van der Waals surface area contributed by atoms with Gasteiger partial charge in [-0.3, -0.25) is 4.68 Å². The van der Waals surface area contributed by atoms with Gasteiger partial charge in [0.05, 0.1) is 12.2 Å². The average Bonchev–Trinajstić information content (AvgIpc) is 2.86. The monoisotopic (exact) mass is 499 g/mol. The molecule has 2 aromatic rings. The standard InChI is InChI=1S/C21H33N5O.HI/c1-7-22-21(23-12-13-27-20-11-9-8-10-15(20)2)24-16(3)14-19-17(4)25-26(6)18(19)5;/h8-11,16H,7,12-14H2,1-6H3,(H2,22,23,24);1H. The van der Waals surface area contributed by atoms with E-state index < -0.39 is 0 Å². The van der Waals surface area contributed by atoms with Crippen LogP contribution in [0.25, 0.3) is 0 Å². The molecule has 0 aliphatic heterocycles. The molecular formula is C21H34IN5O. The third-order valence-corrected chi connectivity index (χ3v) is 4.61. The molecule has 0 aliphatic rings. The maximum absolute atomic E-state index is 5.83. The Bertz CT molecular complexity index is 772. The SMILES string of the molecule is CCNC(=NCCOc1ccccc1C)NC(C)Cc1c(C)nn(C)c1C.I. The van der Waals surface area contributed by atoms with E-state index in [1.54, 1.807) is 0 Å². The van der Waals surface area contributed by atoms with Crippen molar-refractivity contribution in [2.45, 2.75) is 47.1 Å². The highest BCUT2D eigenvalue weighted by Crippen LogP contribution is 2.16. The van der Waals surface area contributed by atoms with Gasteiger partial charge in [-0.25, -0.2) is 4.99 Å². The Morgan fingerprint density at radius 3 is 2.57 bits per heavy atom. The summed E-state index contributed by atoms with van der Waals surface area (Å²) in [6, 6.07) is 8.29. The van der Waals surface area contributed by atoms with Crippen LogP contribution in [0, 0.1) is 20.8 Å². The van der Waals surface area contributed by atoms with E-state index >= 15 is 0 Å². The first-order valence-corrected chi connectivity index (χ1v) is 9.64. The molecule has 1 atom stereocenters. The molecule has 28 heavy (non-hydrogen) atoms. The van der Waals surface area contributed by atoms with Crippen molar-refractivity contribution in [2.75, 3.05) is 19.7 Å². The van der Waals surface area contributed by atoms with E-state index in [0.717, 1.165) is 35.9 Å². The summed E-state index contributed by atoms with van der Waals surface area (Å²) >= 11 is 0. The molecule has 156 valence electrons. The summed E-state index contributed by atoms with van der Waals surface area (Å²) in [6.45, 7) is 12.4. The number of aliphatic imine (C=N–C) groups is 1. The van der Waals surface area contributed by atoms with Crippen LogP contribution in [0.1, 0.15) is 36.4 Å². The van der Waals surface area contributed by atoms with Gasteiger partial charge in [0.25, 0.3) is 0 Å². The van der Waals surface area contributed by atoms with Crippen molar-refractivity contribution in [1.29, 1.82) is 0 Å². The molecule has 1 aromatic carbocycles. The zero-order valence-electron chi connectivity index (χ0n) is 17.9. The molecule has 2 N–H and O–H groups in total. The second-order valence-corrected chi connectivity index (χ2v) is 6.90. The first-order valence-electron chi connectivity index (χ1n) is 9.64. The van der Waals surface area contributed by atoms with E-state index in [4.69, 9.17) is 4.74 Å². The number of para-hydroxylation sites is 1. The van der Waals surface area contributed by atoms with Crippen molar-refractivity contribution >= 4 is 29.9 Å². The molecule has 7 heteroatoms. The van der Waals surface area contributed by atoms with Crippen molar-refractivity contribution in [1.82, 2.24) is 20.4 Å². The second kappa shape index (κ2) is 11.9. The Kier molecular flexibility index (Phi) is 10.3. The zero-order valence-corrected chi connectivity index (χ0v) is 20.2. The summed E-state index contributed by atoms with van der Waals surface area (Å²) in [7, 11) is 1.99. The molecule has 6 nitrogen and oxygen atoms in total. The Balaban J connectivity index is 0.00000392. The first kappa shape index (κ1) is 24.3. The smallest absolute Gasteiger partial charge is 0.191 e. The highest BCUT2D eigenvalue weighted by molar-refractivity contribution is 14.0. The number of rotatable bonds is 8. The normalized spacial score (nSPS) is 12.3. The predicted octanol–water partition coefficient (Wildman–Crippen LogP) is 3.53. The van der Waals surface area contributed by atoms with Gasteiger partial charge in [-0.1, -0.05) is 18.2 Å². The van der Waals surface area contributed by atoms with E-state index in [0.29, 0.717) is 13.2 Å². The van der Waals surface area contributed by atoms with Gasteiger partial charge in [-0.15, -0.1) is 24.0 Å². The van der Waals surface area contributed by atoms with Crippen molar-refractivity contribution in [3.05, 3.63) is 46.8 Å². The molecule has 0 spiro atoms. The van der Waals surface area contributed by atoms with Crippen LogP contribution < -0.4 is 15.4 Å². The highest BCUT2D eigenvalue weighted by Gasteiger charge is 2.14. The second-order valence-electron chi connectivity index (χ2n) is 6.90. The van der Waals surface area contributed by atoms with Crippen molar-refractivity contribution in [3.8, 4) is 5.75 Å². The van der Waals surface area contributed by atoms with Gasteiger partial charge >= 0.3 is 0 Å². The van der Waals surface area contributed by atoms with Gasteiger partial charge in [-0.2, -0.15) is 5.10 Å². The molecule has 0 bridgehead atoms. The van der Waals surface area contributed by atoms with Gasteiger partial charge in [-0.05, 0) is 58.2 Å². The minimum atomic E-state index is 0. The lowest BCUT2D eigenvalue weighted by Crippen LogP contribution is -2.43. The molecule has 0 fully saturated rings. The van der Waals surface area contributed by atoms with Gasteiger partial charge in [0, 0.05) is 25.3 Å². The van der Waals surface area contributed by atoms with Crippen LogP contribution in [0.4, 0.5) is 0 Å². The van der Waals surface area contributed by atoms with Crippen molar-refractivity contribution in [3.63, 3.8) is 0 Å². The van der Waals surface area contributed by atoms with Crippen LogP contribution in [0.15, 0.2) is 29.3 Å². The fraction of sp³-hybridized carbons (Fsp3) is 0.524. The van der Waals surface area contributed by atoms with Crippen LogP contribution in [-0.2, 0) is 13.5 Å². The largest absolute Gasteiger partial charge is 0.491 e. The third-order valence-electron chi connectivity index (χ3n) is 4.61. The molecule has 0 radical (unpaired) electrons. The maximum Gasteiger partial charge on any atom is 0.191 e. The van der Waals surface area contributed by atoms with Gasteiger partial charge in [0.15, 0.2) is 5.96 Å². The molecule has 0 saturated carbocycles. The molecule has 0 saturated heterocycles. The quantitative estimate of drug-likeness (QED) is 0.253. The van der Waals surface area contributed by atoms with Crippen molar-refractivity contribution < 1.29 is 4.74 Å². The summed E-state index contributed by atoms with van der Waals surface area (Å²) in [5.74, 6) is 1.74. The average molecular weight is 499 g/mol. The van der Waals surface area contributed by atoms with Crippen LogP contribution in [0.3, 0.4) is 0 Å². The Morgan fingerprint density at radius 1 is 1.25 bits per heavy atom. The van der Waals surface area contributed by atoms with Crippen molar-refractivity contribution in [2.24, 2.45) is 12.0 Å². The number of hydrogen-bond acceptors (Lipinski definition) is 3. The number of ether oxygens (including phenoxy) is 1. The lowest BCUT2D eigenvalue weighted by Gasteiger charge is -2.18. The molecule has 1 unspecified atom stereocenters. The predicted molar refractivity (Wildman–Crippen MR) is 127 cm³/mol. The minimum Gasteiger partial charge on any atom is -0.491 e. The van der Waals surface area contributed by atoms with Crippen LogP contribution in [0.5, 0.6) is 5.75 Å². The van der Waals surface area contributed by atoms with Crippen LogP contribution in [-0.4, -0.2) is 41.5 Å². The minimum absolute atomic E-state index is 0. The first-order chi connectivity index (χ1) is 12.9. The fourth-order valence-corrected chi connectivity index (χ4v) is 3.05. The molecule has 1 aromatic heterocycles. The summed E-state index contributed by atoms with van der Waals surface area (Å²) in [5.41, 5.74) is 4.76. The zero-order chi connectivity index (χ0) is 19.8. The third kappa shape index (κ3) is 7.00. The Morgan fingerprint density at radius 2 is 1.96 bits per heavy atom. The Labute approximate surface area is 186 Å². The molecular weight excluding hydrogens is 465 g/mol. The van der Waals surface area contributed by atoms with Crippen LogP contribution >= 0.6 is 24.0 Å².